The molecule has 0 aliphatic carbocycles. The molecule has 130 valence electrons. The number of carbonyl (C=O) groups is 1. The molecule has 0 saturated carbocycles. The Kier molecular flexibility index (Phi) is 4.28. The average molecular weight is 366 g/mol. The van der Waals surface area contributed by atoms with E-state index in [1.165, 1.54) is 10.9 Å². The number of nitrogens with zero attached hydrogens (tertiary/aromatic N) is 5. The number of hydrogen-bond donors (Lipinski definition) is 1. The van der Waals surface area contributed by atoms with Crippen LogP contribution in [0.2, 0.25) is 0 Å². The number of thiophene rings is 1. The lowest BCUT2D eigenvalue weighted by Crippen LogP contribution is -2.32. The first-order valence-electron chi connectivity index (χ1n) is 7.85. The molecule has 8 nitrogen and oxygen atoms in total. The predicted octanol–water partition coefficient (Wildman–Crippen LogP) is 1.36. The molecule has 9 heteroatoms. The van der Waals surface area contributed by atoms with Gasteiger partial charge in [0.15, 0.2) is 0 Å². The number of rotatable bonds is 5. The van der Waals surface area contributed by atoms with Crippen LogP contribution in [0.4, 0.5) is 0 Å². The van der Waals surface area contributed by atoms with Gasteiger partial charge in [-0.05, 0) is 23.6 Å². The van der Waals surface area contributed by atoms with E-state index in [2.05, 4.69) is 20.6 Å². The molecule has 26 heavy (non-hydrogen) atoms. The van der Waals surface area contributed by atoms with E-state index in [-0.39, 0.29) is 24.6 Å². The number of aromatic nitrogens is 5. The van der Waals surface area contributed by atoms with E-state index in [9.17, 15) is 9.59 Å². The normalized spacial score (nSPS) is 10.9. The van der Waals surface area contributed by atoms with Crippen LogP contribution in [0.25, 0.3) is 16.6 Å². The van der Waals surface area contributed by atoms with Crippen molar-refractivity contribution in [2.24, 2.45) is 0 Å². The Balaban J connectivity index is 1.42. The third-order valence-corrected chi connectivity index (χ3v) is 4.49. The van der Waals surface area contributed by atoms with Crippen LogP contribution in [0, 0.1) is 0 Å². The largest absolute Gasteiger partial charge is 0.349 e. The third-order valence-electron chi connectivity index (χ3n) is 3.82. The minimum Gasteiger partial charge on any atom is -0.349 e. The van der Waals surface area contributed by atoms with Crippen molar-refractivity contribution in [2.75, 3.05) is 0 Å². The van der Waals surface area contributed by atoms with Crippen molar-refractivity contribution in [2.45, 2.75) is 13.1 Å². The van der Waals surface area contributed by atoms with Gasteiger partial charge in [-0.15, -0.1) is 5.10 Å². The first-order chi connectivity index (χ1) is 12.7. The van der Waals surface area contributed by atoms with Gasteiger partial charge in [-0.3, -0.25) is 14.2 Å². The summed E-state index contributed by atoms with van der Waals surface area (Å²) < 4.78 is 2.94. The highest BCUT2D eigenvalue weighted by atomic mass is 32.1. The van der Waals surface area contributed by atoms with E-state index in [1.54, 1.807) is 40.4 Å². The lowest BCUT2D eigenvalue weighted by molar-refractivity contribution is -0.121. The molecule has 4 rings (SSSR count). The zero-order valence-electron chi connectivity index (χ0n) is 13.6. The zero-order chi connectivity index (χ0) is 17.9. The molecular weight excluding hydrogens is 352 g/mol. The standard InChI is InChI=1S/C17H14N6O2S/c24-16(9-22-11-19-15-4-2-1-3-14(15)17(22)25)18-7-12-8-23(21-20-12)13-5-6-26-10-13/h1-6,8,10-11H,7,9H2,(H,18,24). The molecule has 0 aliphatic rings. The topological polar surface area (TPSA) is 94.7 Å². The highest BCUT2D eigenvalue weighted by molar-refractivity contribution is 7.08. The van der Waals surface area contributed by atoms with Crippen molar-refractivity contribution in [1.82, 2.24) is 29.9 Å². The maximum atomic E-state index is 12.4. The Bertz CT molecular complexity index is 1120. The Hall–Kier alpha value is -3.33. The van der Waals surface area contributed by atoms with Gasteiger partial charge in [0.05, 0.1) is 35.7 Å². The fraction of sp³-hybridized carbons (Fsp3) is 0.118. The quantitative estimate of drug-likeness (QED) is 0.575. The second-order valence-electron chi connectivity index (χ2n) is 5.61. The highest BCUT2D eigenvalue weighted by Crippen LogP contribution is 2.10. The summed E-state index contributed by atoms with van der Waals surface area (Å²) in [7, 11) is 0. The van der Waals surface area contributed by atoms with Crippen LogP contribution in [0.5, 0.6) is 0 Å². The molecule has 0 radical (unpaired) electrons. The van der Waals surface area contributed by atoms with Gasteiger partial charge < -0.3 is 5.32 Å². The summed E-state index contributed by atoms with van der Waals surface area (Å²) in [4.78, 5) is 28.8. The molecule has 4 aromatic rings. The molecule has 0 aliphatic heterocycles. The van der Waals surface area contributed by atoms with Gasteiger partial charge in [0, 0.05) is 5.38 Å². The fourth-order valence-electron chi connectivity index (χ4n) is 2.51. The average Bonchev–Trinajstić information content (AvgIpc) is 3.34. The van der Waals surface area contributed by atoms with Crippen LogP contribution < -0.4 is 10.9 Å². The molecule has 0 bridgehead atoms. The number of fused-ring (bicyclic) bond motifs is 1. The Morgan fingerprint density at radius 2 is 2.12 bits per heavy atom. The molecule has 3 heterocycles. The first-order valence-corrected chi connectivity index (χ1v) is 8.80. The molecule has 0 atom stereocenters. The number of benzene rings is 1. The van der Waals surface area contributed by atoms with Crippen LogP contribution in [0.15, 0.2) is 58.4 Å². The number of amides is 1. The predicted molar refractivity (Wildman–Crippen MR) is 97.1 cm³/mol. The van der Waals surface area contributed by atoms with Crippen molar-refractivity contribution in [1.29, 1.82) is 0 Å². The second kappa shape index (κ2) is 6.89. The Morgan fingerprint density at radius 1 is 1.23 bits per heavy atom. The van der Waals surface area contributed by atoms with E-state index in [0.717, 1.165) is 5.69 Å². The SMILES string of the molecule is O=C(Cn1cnc2ccccc2c1=O)NCc1cn(-c2ccsc2)nn1. The van der Waals surface area contributed by atoms with Crippen molar-refractivity contribution in [3.63, 3.8) is 0 Å². The van der Waals surface area contributed by atoms with E-state index in [1.807, 2.05) is 22.9 Å². The summed E-state index contributed by atoms with van der Waals surface area (Å²) in [6.45, 7) is 0.133. The molecule has 0 unspecified atom stereocenters. The van der Waals surface area contributed by atoms with Crippen molar-refractivity contribution in [3.8, 4) is 5.69 Å². The lowest BCUT2D eigenvalue weighted by Gasteiger charge is -2.06. The lowest BCUT2D eigenvalue weighted by atomic mass is 10.2. The van der Waals surface area contributed by atoms with Crippen LogP contribution in [0.1, 0.15) is 5.69 Å². The van der Waals surface area contributed by atoms with Gasteiger partial charge in [-0.25, -0.2) is 9.67 Å². The molecule has 1 N–H and O–H groups in total. The summed E-state index contributed by atoms with van der Waals surface area (Å²) in [5.41, 5.74) is 1.93. The van der Waals surface area contributed by atoms with E-state index in [4.69, 9.17) is 0 Å². The molecule has 1 aromatic carbocycles. The minimum absolute atomic E-state index is 0.102. The summed E-state index contributed by atoms with van der Waals surface area (Å²) in [6.07, 6.45) is 3.14. The molecular formula is C17H14N6O2S. The summed E-state index contributed by atoms with van der Waals surface area (Å²) in [5, 5.41) is 15.2. The van der Waals surface area contributed by atoms with Crippen LogP contribution in [0.3, 0.4) is 0 Å². The number of nitrogens with one attached hydrogen (secondary N) is 1. The minimum atomic E-state index is -0.297. The monoisotopic (exact) mass is 366 g/mol. The van der Waals surface area contributed by atoms with Gasteiger partial charge in [-0.2, -0.15) is 11.3 Å². The maximum absolute atomic E-state index is 12.4. The molecule has 1 amide bonds. The summed E-state index contributed by atoms with van der Waals surface area (Å²) in [5.74, 6) is -0.297. The van der Waals surface area contributed by atoms with Gasteiger partial charge in [0.1, 0.15) is 12.2 Å². The second-order valence-corrected chi connectivity index (χ2v) is 6.39. The molecule has 3 aromatic heterocycles. The van der Waals surface area contributed by atoms with Crippen molar-refractivity contribution >= 4 is 28.1 Å². The van der Waals surface area contributed by atoms with Crippen LogP contribution in [-0.4, -0.2) is 30.5 Å². The fourth-order valence-corrected chi connectivity index (χ4v) is 3.13. The van der Waals surface area contributed by atoms with Crippen LogP contribution in [-0.2, 0) is 17.9 Å². The van der Waals surface area contributed by atoms with Crippen molar-refractivity contribution < 1.29 is 4.79 Å². The van der Waals surface area contributed by atoms with Crippen LogP contribution >= 0.6 is 11.3 Å². The number of para-hydroxylation sites is 1. The van der Waals surface area contributed by atoms with Gasteiger partial charge in [-0.1, -0.05) is 17.3 Å². The van der Waals surface area contributed by atoms with E-state index < -0.39 is 0 Å². The maximum Gasteiger partial charge on any atom is 0.261 e. The van der Waals surface area contributed by atoms with Gasteiger partial charge in [0.2, 0.25) is 5.91 Å². The highest BCUT2D eigenvalue weighted by Gasteiger charge is 2.09. The molecule has 0 spiro atoms. The summed E-state index contributed by atoms with van der Waals surface area (Å²) >= 11 is 1.57. The number of hydrogen-bond acceptors (Lipinski definition) is 6. The zero-order valence-corrected chi connectivity index (χ0v) is 14.4. The van der Waals surface area contributed by atoms with E-state index in [0.29, 0.717) is 16.6 Å². The third kappa shape index (κ3) is 3.24. The van der Waals surface area contributed by atoms with Gasteiger partial charge >= 0.3 is 0 Å². The Labute approximate surface area is 151 Å². The first kappa shape index (κ1) is 16.2. The van der Waals surface area contributed by atoms with E-state index >= 15 is 0 Å². The summed E-state index contributed by atoms with van der Waals surface area (Å²) in [6, 6.07) is 8.97. The molecule has 0 saturated heterocycles. The number of carbonyl (C=O) groups excluding carboxylic acids is 1. The molecule has 0 fully saturated rings. The van der Waals surface area contributed by atoms with Crippen molar-refractivity contribution in [3.05, 3.63) is 69.7 Å². The smallest absolute Gasteiger partial charge is 0.261 e. The van der Waals surface area contributed by atoms with Gasteiger partial charge in [0.25, 0.3) is 5.56 Å². The Morgan fingerprint density at radius 3 is 2.96 bits per heavy atom.